The van der Waals surface area contributed by atoms with E-state index in [1.165, 1.54) is 24.3 Å². The van der Waals surface area contributed by atoms with Crippen LogP contribution < -0.4 is 10.1 Å². The van der Waals surface area contributed by atoms with E-state index >= 15 is 0 Å². The van der Waals surface area contributed by atoms with Crippen LogP contribution in [-0.2, 0) is 4.79 Å². The van der Waals surface area contributed by atoms with Crippen molar-refractivity contribution in [2.45, 2.75) is 32.2 Å². The highest BCUT2D eigenvalue weighted by Crippen LogP contribution is 2.27. The summed E-state index contributed by atoms with van der Waals surface area (Å²) >= 11 is 0. The van der Waals surface area contributed by atoms with Gasteiger partial charge in [0.2, 0.25) is 5.91 Å². The Morgan fingerprint density at radius 3 is 2.38 bits per heavy atom. The molecular weight excluding hydrogens is 292 g/mol. The molecule has 1 heterocycles. The molecular formula is C13H14F4N2O2. The average molecular weight is 306 g/mol. The number of amides is 1. The largest absolute Gasteiger partial charge is 0.435 e. The number of ether oxygens (including phenoxy) is 1. The predicted octanol–water partition coefficient (Wildman–Crippen LogP) is 2.37. The zero-order valence-corrected chi connectivity index (χ0v) is 11.1. The van der Waals surface area contributed by atoms with Crippen molar-refractivity contribution in [1.82, 2.24) is 10.2 Å². The lowest BCUT2D eigenvalue weighted by Gasteiger charge is -2.24. The zero-order valence-electron chi connectivity index (χ0n) is 11.1. The quantitative estimate of drug-likeness (QED) is 0.849. The third-order valence-electron chi connectivity index (χ3n) is 3.13. The lowest BCUT2D eigenvalue weighted by molar-refractivity contribution is -0.131. The fourth-order valence-electron chi connectivity index (χ4n) is 2.23. The highest BCUT2D eigenvalue weighted by Gasteiger charge is 2.38. The van der Waals surface area contributed by atoms with Gasteiger partial charge in [-0.2, -0.15) is 8.78 Å². The maximum Gasteiger partial charge on any atom is 0.387 e. The summed E-state index contributed by atoms with van der Waals surface area (Å²) in [6, 6.07) is 4.94. The lowest BCUT2D eigenvalue weighted by Crippen LogP contribution is -2.34. The maximum absolute atomic E-state index is 12.6. The fourth-order valence-corrected chi connectivity index (χ4v) is 2.23. The van der Waals surface area contributed by atoms with Gasteiger partial charge < -0.3 is 9.64 Å². The molecule has 1 aliphatic heterocycles. The number of hydrogen-bond donors (Lipinski definition) is 1. The lowest BCUT2D eigenvalue weighted by atomic mass is 10.1. The summed E-state index contributed by atoms with van der Waals surface area (Å²) in [4.78, 5) is 12.9. The van der Waals surface area contributed by atoms with Crippen LogP contribution in [0.25, 0.3) is 0 Å². The molecule has 1 fully saturated rings. The number of benzene rings is 1. The minimum absolute atomic E-state index is 0.0356. The first-order valence-corrected chi connectivity index (χ1v) is 6.28. The summed E-state index contributed by atoms with van der Waals surface area (Å²) < 4.78 is 53.4. The van der Waals surface area contributed by atoms with Gasteiger partial charge in [0, 0.05) is 0 Å². The second-order valence-electron chi connectivity index (χ2n) is 4.62. The van der Waals surface area contributed by atoms with Crippen LogP contribution >= 0.6 is 0 Å². The molecule has 0 aromatic heterocycles. The summed E-state index contributed by atoms with van der Waals surface area (Å²) in [5.74, 6) is -0.459. The second kappa shape index (κ2) is 6.30. The first kappa shape index (κ1) is 15.6. The van der Waals surface area contributed by atoms with E-state index in [0.29, 0.717) is 5.56 Å². The van der Waals surface area contributed by atoms with Crippen molar-refractivity contribution in [3.8, 4) is 5.75 Å². The molecule has 0 aliphatic carbocycles. The van der Waals surface area contributed by atoms with Crippen LogP contribution in [0.15, 0.2) is 24.3 Å². The van der Waals surface area contributed by atoms with E-state index in [1.54, 1.807) is 6.92 Å². The van der Waals surface area contributed by atoms with E-state index in [2.05, 4.69) is 10.1 Å². The Hall–Kier alpha value is -1.83. The van der Waals surface area contributed by atoms with Gasteiger partial charge in [-0.1, -0.05) is 12.1 Å². The third kappa shape index (κ3) is 3.63. The Morgan fingerprint density at radius 2 is 1.86 bits per heavy atom. The standard InChI is InChI=1S/C13H14F4N2O2/c1-7-12(20)19(6-10(14)15)11(18-7)8-2-4-9(5-3-8)21-13(16)17/h2-5,7,10-11,13,18H,6H2,1H3. The fraction of sp³-hybridized carbons (Fsp3) is 0.462. The van der Waals surface area contributed by atoms with E-state index in [9.17, 15) is 22.4 Å². The van der Waals surface area contributed by atoms with Gasteiger partial charge in [-0.15, -0.1) is 0 Å². The molecule has 0 radical (unpaired) electrons. The Labute approximate surface area is 118 Å². The molecule has 4 nitrogen and oxygen atoms in total. The van der Waals surface area contributed by atoms with Crippen molar-refractivity contribution in [2.24, 2.45) is 0 Å². The number of nitrogens with one attached hydrogen (secondary N) is 1. The summed E-state index contributed by atoms with van der Waals surface area (Å²) in [5, 5.41) is 2.89. The molecule has 1 aromatic rings. The molecule has 116 valence electrons. The number of hydrogen-bond acceptors (Lipinski definition) is 3. The van der Waals surface area contributed by atoms with Crippen LogP contribution in [-0.4, -0.2) is 36.4 Å². The Kier molecular flexibility index (Phi) is 4.66. The maximum atomic E-state index is 12.6. The number of alkyl halides is 4. The van der Waals surface area contributed by atoms with Gasteiger partial charge in [0.15, 0.2) is 0 Å². The molecule has 2 rings (SSSR count). The Morgan fingerprint density at radius 1 is 1.24 bits per heavy atom. The van der Waals surface area contributed by atoms with Crippen molar-refractivity contribution in [2.75, 3.05) is 6.54 Å². The first-order chi connectivity index (χ1) is 9.88. The topological polar surface area (TPSA) is 41.6 Å². The second-order valence-corrected chi connectivity index (χ2v) is 4.62. The van der Waals surface area contributed by atoms with Gasteiger partial charge in [-0.05, 0) is 24.6 Å². The third-order valence-corrected chi connectivity index (χ3v) is 3.13. The number of halogens is 4. The molecule has 1 N–H and O–H groups in total. The monoisotopic (exact) mass is 306 g/mol. The minimum atomic E-state index is -2.93. The highest BCUT2D eigenvalue weighted by atomic mass is 19.3. The normalized spacial score (nSPS) is 22.4. The molecule has 2 unspecified atom stereocenters. The first-order valence-electron chi connectivity index (χ1n) is 6.28. The van der Waals surface area contributed by atoms with Crippen LogP contribution in [0.3, 0.4) is 0 Å². The van der Waals surface area contributed by atoms with E-state index in [1.807, 2.05) is 0 Å². The zero-order chi connectivity index (χ0) is 15.6. The van der Waals surface area contributed by atoms with Crippen LogP contribution in [0.2, 0.25) is 0 Å². The van der Waals surface area contributed by atoms with Gasteiger partial charge in [-0.3, -0.25) is 10.1 Å². The molecule has 8 heteroatoms. The van der Waals surface area contributed by atoms with E-state index in [0.717, 1.165) is 4.90 Å². The highest BCUT2D eigenvalue weighted by molar-refractivity contribution is 5.84. The minimum Gasteiger partial charge on any atom is -0.435 e. The SMILES string of the molecule is CC1NC(c2ccc(OC(F)F)cc2)N(CC(F)F)C1=O. The molecule has 1 saturated heterocycles. The molecule has 0 spiro atoms. The number of carbonyl (C=O) groups excluding carboxylic acids is 1. The van der Waals surface area contributed by atoms with Crippen molar-refractivity contribution < 1.29 is 27.1 Å². The van der Waals surface area contributed by atoms with Gasteiger partial charge in [0.25, 0.3) is 6.43 Å². The summed E-state index contributed by atoms with van der Waals surface area (Å²) in [6.45, 7) is -2.04. The molecule has 21 heavy (non-hydrogen) atoms. The molecule has 2 atom stereocenters. The number of carbonyl (C=O) groups is 1. The van der Waals surface area contributed by atoms with E-state index in [-0.39, 0.29) is 5.75 Å². The Balaban J connectivity index is 2.17. The van der Waals surface area contributed by atoms with Crippen molar-refractivity contribution in [1.29, 1.82) is 0 Å². The van der Waals surface area contributed by atoms with Crippen LogP contribution in [0, 0.1) is 0 Å². The smallest absolute Gasteiger partial charge is 0.387 e. The average Bonchev–Trinajstić information content (AvgIpc) is 2.67. The van der Waals surface area contributed by atoms with Crippen molar-refractivity contribution in [3.05, 3.63) is 29.8 Å². The van der Waals surface area contributed by atoms with Crippen LogP contribution in [0.4, 0.5) is 17.6 Å². The Bertz CT molecular complexity index is 495. The summed E-state index contributed by atoms with van der Waals surface area (Å²) in [7, 11) is 0. The summed E-state index contributed by atoms with van der Waals surface area (Å²) in [6.07, 6.45) is -3.35. The molecule has 0 saturated carbocycles. The molecule has 1 aromatic carbocycles. The number of rotatable bonds is 5. The van der Waals surface area contributed by atoms with Gasteiger partial charge in [-0.25, -0.2) is 8.78 Å². The van der Waals surface area contributed by atoms with Crippen molar-refractivity contribution >= 4 is 5.91 Å². The predicted molar refractivity (Wildman–Crippen MR) is 66.1 cm³/mol. The molecule has 0 bridgehead atoms. The van der Waals surface area contributed by atoms with Gasteiger partial charge in [0.05, 0.1) is 12.6 Å². The van der Waals surface area contributed by atoms with Crippen LogP contribution in [0.1, 0.15) is 18.7 Å². The molecule has 1 amide bonds. The molecule has 1 aliphatic rings. The van der Waals surface area contributed by atoms with E-state index < -0.39 is 37.7 Å². The number of nitrogens with zero attached hydrogens (tertiary/aromatic N) is 1. The van der Waals surface area contributed by atoms with Gasteiger partial charge in [0.1, 0.15) is 11.9 Å². The van der Waals surface area contributed by atoms with E-state index in [4.69, 9.17) is 0 Å². The van der Waals surface area contributed by atoms with Crippen molar-refractivity contribution in [3.63, 3.8) is 0 Å². The van der Waals surface area contributed by atoms with Crippen LogP contribution in [0.5, 0.6) is 5.75 Å². The summed E-state index contributed by atoms with van der Waals surface area (Å²) in [5.41, 5.74) is 0.523. The van der Waals surface area contributed by atoms with Gasteiger partial charge >= 0.3 is 6.61 Å².